The number of halogens is 2. The van der Waals surface area contributed by atoms with E-state index in [1.165, 1.54) is 12.1 Å². The molecule has 1 saturated heterocycles. The van der Waals surface area contributed by atoms with Gasteiger partial charge < -0.3 is 15.0 Å². The highest BCUT2D eigenvalue weighted by atomic mass is 35.5. The Kier molecular flexibility index (Phi) is 8.32. The van der Waals surface area contributed by atoms with Crippen LogP contribution in [-0.4, -0.2) is 53.4 Å². The summed E-state index contributed by atoms with van der Waals surface area (Å²) in [4.78, 5) is 29.2. The van der Waals surface area contributed by atoms with Crippen molar-refractivity contribution in [3.63, 3.8) is 0 Å². The van der Waals surface area contributed by atoms with Crippen LogP contribution in [0.4, 0.5) is 10.1 Å². The van der Waals surface area contributed by atoms with Crippen LogP contribution in [0.15, 0.2) is 42.5 Å². The lowest BCUT2D eigenvalue weighted by molar-refractivity contribution is -0.139. The van der Waals surface area contributed by atoms with Gasteiger partial charge in [-0.05, 0) is 49.7 Å². The number of benzene rings is 2. The summed E-state index contributed by atoms with van der Waals surface area (Å²) in [5, 5.41) is 3.26. The average molecular weight is 476 g/mol. The molecule has 0 spiro atoms. The minimum atomic E-state index is -0.247. The van der Waals surface area contributed by atoms with Crippen molar-refractivity contribution < 1.29 is 18.7 Å². The molecular weight excluding hydrogens is 445 g/mol. The number of nitrogens with zero attached hydrogens (tertiary/aromatic N) is 2. The van der Waals surface area contributed by atoms with E-state index >= 15 is 0 Å². The van der Waals surface area contributed by atoms with Gasteiger partial charge in [-0.2, -0.15) is 0 Å². The van der Waals surface area contributed by atoms with Crippen molar-refractivity contribution in [3.05, 3.63) is 58.9 Å². The summed E-state index contributed by atoms with van der Waals surface area (Å²) >= 11 is 6.07. The largest absolute Gasteiger partial charge is 0.482 e. The van der Waals surface area contributed by atoms with Crippen LogP contribution in [0.2, 0.25) is 5.02 Å². The normalized spacial score (nSPS) is 18.9. The van der Waals surface area contributed by atoms with Crippen molar-refractivity contribution >= 4 is 29.1 Å². The third kappa shape index (κ3) is 6.68. The van der Waals surface area contributed by atoms with E-state index in [0.717, 1.165) is 5.56 Å². The Morgan fingerprint density at radius 2 is 1.82 bits per heavy atom. The van der Waals surface area contributed by atoms with Gasteiger partial charge in [0.1, 0.15) is 11.6 Å². The molecule has 0 saturated carbocycles. The molecule has 1 aliphatic rings. The third-order valence-electron chi connectivity index (χ3n) is 5.81. The minimum Gasteiger partial charge on any atom is -0.482 e. The number of hydrogen-bond donors (Lipinski definition) is 1. The van der Waals surface area contributed by atoms with Gasteiger partial charge in [0, 0.05) is 42.7 Å². The summed E-state index contributed by atoms with van der Waals surface area (Å²) in [6.45, 7) is 9.52. The second kappa shape index (κ2) is 11.0. The van der Waals surface area contributed by atoms with Crippen molar-refractivity contribution in [2.24, 2.45) is 5.92 Å². The van der Waals surface area contributed by atoms with Crippen molar-refractivity contribution in [2.75, 3.05) is 25.0 Å². The van der Waals surface area contributed by atoms with Gasteiger partial charge in [0.25, 0.3) is 5.91 Å². The molecule has 2 aromatic carbocycles. The highest BCUT2D eigenvalue weighted by Crippen LogP contribution is 2.29. The zero-order chi connectivity index (χ0) is 24.1. The molecule has 2 aromatic rings. The Labute approximate surface area is 199 Å². The summed E-state index contributed by atoms with van der Waals surface area (Å²) in [6, 6.07) is 11.6. The Balaban J connectivity index is 1.60. The van der Waals surface area contributed by atoms with Crippen molar-refractivity contribution in [1.29, 1.82) is 0 Å². The SMILES string of the molecule is CC(C)C(=O)Nc1cc(Cl)ccc1OCC(=O)N1CC(C)N(Cc2ccc(F)cc2)CC1C. The molecule has 2 atom stereocenters. The smallest absolute Gasteiger partial charge is 0.260 e. The topological polar surface area (TPSA) is 61.9 Å². The second-order valence-corrected chi connectivity index (χ2v) is 9.31. The van der Waals surface area contributed by atoms with Gasteiger partial charge in [-0.15, -0.1) is 0 Å². The van der Waals surface area contributed by atoms with Gasteiger partial charge >= 0.3 is 0 Å². The highest BCUT2D eigenvalue weighted by molar-refractivity contribution is 6.31. The van der Waals surface area contributed by atoms with Gasteiger partial charge in [-0.25, -0.2) is 4.39 Å². The Morgan fingerprint density at radius 1 is 1.12 bits per heavy atom. The molecule has 0 radical (unpaired) electrons. The predicted octanol–water partition coefficient (Wildman–Crippen LogP) is 4.57. The molecule has 3 rings (SSSR count). The van der Waals surface area contributed by atoms with Gasteiger partial charge in [-0.3, -0.25) is 14.5 Å². The third-order valence-corrected chi connectivity index (χ3v) is 6.04. The number of carbonyl (C=O) groups is 2. The molecule has 33 heavy (non-hydrogen) atoms. The summed E-state index contributed by atoms with van der Waals surface area (Å²) in [5.41, 5.74) is 1.48. The number of anilines is 1. The lowest BCUT2D eigenvalue weighted by Crippen LogP contribution is -2.58. The quantitative estimate of drug-likeness (QED) is 0.637. The summed E-state index contributed by atoms with van der Waals surface area (Å²) in [7, 11) is 0. The number of amides is 2. The number of hydrogen-bond acceptors (Lipinski definition) is 4. The molecule has 0 aliphatic carbocycles. The van der Waals surface area contributed by atoms with Crippen LogP contribution in [0.3, 0.4) is 0 Å². The van der Waals surface area contributed by atoms with E-state index < -0.39 is 0 Å². The van der Waals surface area contributed by atoms with Crippen LogP contribution in [0.25, 0.3) is 0 Å². The molecule has 178 valence electrons. The lowest BCUT2D eigenvalue weighted by atomic mass is 10.1. The van der Waals surface area contributed by atoms with E-state index in [1.807, 2.05) is 11.8 Å². The van der Waals surface area contributed by atoms with E-state index in [0.29, 0.717) is 36.1 Å². The summed E-state index contributed by atoms with van der Waals surface area (Å²) < 4.78 is 19.0. The first kappa shape index (κ1) is 25.0. The molecule has 1 aliphatic heterocycles. The first-order valence-corrected chi connectivity index (χ1v) is 11.5. The second-order valence-electron chi connectivity index (χ2n) is 8.87. The molecule has 1 N–H and O–H groups in total. The fourth-order valence-electron chi connectivity index (χ4n) is 3.82. The molecule has 6 nitrogen and oxygen atoms in total. The van der Waals surface area contributed by atoms with E-state index in [1.54, 1.807) is 44.2 Å². The first-order chi connectivity index (χ1) is 15.6. The maximum atomic E-state index is 13.2. The molecular formula is C25H31ClFN3O3. The van der Waals surface area contributed by atoms with Crippen LogP contribution < -0.4 is 10.1 Å². The zero-order valence-corrected chi connectivity index (χ0v) is 20.2. The number of ether oxygens (including phenoxy) is 1. The van der Waals surface area contributed by atoms with Crippen molar-refractivity contribution in [3.8, 4) is 5.75 Å². The summed E-state index contributed by atoms with van der Waals surface area (Å²) in [6.07, 6.45) is 0. The Morgan fingerprint density at radius 3 is 2.48 bits per heavy atom. The van der Waals surface area contributed by atoms with Crippen molar-refractivity contribution in [1.82, 2.24) is 9.80 Å². The Bertz CT molecular complexity index is 983. The van der Waals surface area contributed by atoms with Crippen LogP contribution in [0.1, 0.15) is 33.3 Å². The monoisotopic (exact) mass is 475 g/mol. The van der Waals surface area contributed by atoms with E-state index in [4.69, 9.17) is 16.3 Å². The summed E-state index contributed by atoms with van der Waals surface area (Å²) in [5.74, 6) is -0.326. The molecule has 1 heterocycles. The number of piperazine rings is 1. The molecule has 2 unspecified atom stereocenters. The molecule has 8 heteroatoms. The standard InChI is InChI=1S/C25H31ClFN3O3/c1-16(2)25(32)28-22-11-20(26)7-10-23(22)33-15-24(31)30-13-17(3)29(12-18(30)4)14-19-5-8-21(27)9-6-19/h5-11,16-18H,12-15H2,1-4H3,(H,28,32). The van der Waals surface area contributed by atoms with Crippen LogP contribution in [0.5, 0.6) is 5.75 Å². The number of carbonyl (C=O) groups excluding carboxylic acids is 2. The van der Waals surface area contributed by atoms with Gasteiger partial charge in [-0.1, -0.05) is 37.6 Å². The fourth-order valence-corrected chi connectivity index (χ4v) is 3.99. The maximum Gasteiger partial charge on any atom is 0.260 e. The van der Waals surface area contributed by atoms with E-state index in [2.05, 4.69) is 17.1 Å². The molecule has 2 amide bonds. The van der Waals surface area contributed by atoms with Gasteiger partial charge in [0.05, 0.1) is 5.69 Å². The number of rotatable bonds is 7. The van der Waals surface area contributed by atoms with E-state index in [9.17, 15) is 14.0 Å². The minimum absolute atomic E-state index is 0.00285. The molecule has 0 bridgehead atoms. The van der Waals surface area contributed by atoms with Gasteiger partial charge in [0.2, 0.25) is 5.91 Å². The average Bonchev–Trinajstić information content (AvgIpc) is 2.76. The zero-order valence-electron chi connectivity index (χ0n) is 19.5. The lowest BCUT2D eigenvalue weighted by Gasteiger charge is -2.44. The highest BCUT2D eigenvalue weighted by Gasteiger charge is 2.32. The fraction of sp³-hybridized carbons (Fsp3) is 0.440. The molecule has 1 fully saturated rings. The van der Waals surface area contributed by atoms with Crippen LogP contribution >= 0.6 is 11.6 Å². The predicted molar refractivity (Wildman–Crippen MR) is 128 cm³/mol. The molecule has 0 aromatic heterocycles. The van der Waals surface area contributed by atoms with Gasteiger partial charge in [0.15, 0.2) is 6.61 Å². The van der Waals surface area contributed by atoms with Crippen LogP contribution in [-0.2, 0) is 16.1 Å². The van der Waals surface area contributed by atoms with Crippen molar-refractivity contribution in [2.45, 2.75) is 46.3 Å². The van der Waals surface area contributed by atoms with Crippen LogP contribution in [0, 0.1) is 11.7 Å². The first-order valence-electron chi connectivity index (χ1n) is 11.1. The van der Waals surface area contributed by atoms with E-state index in [-0.39, 0.29) is 42.2 Å². The Hall–Kier alpha value is -2.64. The maximum absolute atomic E-state index is 13.2. The number of nitrogens with one attached hydrogen (secondary N) is 1.